The van der Waals surface area contributed by atoms with Crippen LogP contribution in [0.4, 0.5) is 0 Å². The molecule has 1 atom stereocenters. The van der Waals surface area contributed by atoms with Gasteiger partial charge in [-0.25, -0.2) is 13.4 Å². The highest BCUT2D eigenvalue weighted by molar-refractivity contribution is 9.12. The van der Waals surface area contributed by atoms with Crippen molar-refractivity contribution in [1.29, 1.82) is 0 Å². The van der Waals surface area contributed by atoms with E-state index in [1.54, 1.807) is 19.1 Å². The number of halogens is 1. The van der Waals surface area contributed by atoms with Gasteiger partial charge in [0, 0.05) is 10.1 Å². The zero-order valence-corrected chi connectivity index (χ0v) is 14.1. The minimum Gasteiger partial charge on any atom is -0.462 e. The van der Waals surface area contributed by atoms with E-state index >= 15 is 0 Å². The first-order chi connectivity index (χ1) is 9.41. The van der Waals surface area contributed by atoms with E-state index in [2.05, 4.69) is 20.3 Å². The van der Waals surface area contributed by atoms with Crippen molar-refractivity contribution in [2.24, 2.45) is 4.36 Å². The topological polar surface area (TPSA) is 55.7 Å². The summed E-state index contributed by atoms with van der Waals surface area (Å²) in [6.45, 7) is 5.67. The molecule has 20 heavy (non-hydrogen) atoms. The quantitative estimate of drug-likeness (QED) is 0.594. The summed E-state index contributed by atoms with van der Waals surface area (Å²) in [7, 11) is -2.62. The Balaban J connectivity index is 3.22. The molecule has 1 aromatic rings. The Hall–Kier alpha value is -1.14. The Morgan fingerprint density at radius 1 is 1.40 bits per heavy atom. The maximum Gasteiger partial charge on any atom is 0.346 e. The molecule has 0 radical (unpaired) electrons. The summed E-state index contributed by atoms with van der Waals surface area (Å²) in [4.78, 5) is 12.1. The first-order valence-electron chi connectivity index (χ1n) is 6.24. The van der Waals surface area contributed by atoms with E-state index < -0.39 is 15.7 Å². The van der Waals surface area contributed by atoms with Crippen molar-refractivity contribution in [2.45, 2.75) is 30.9 Å². The molecule has 0 amide bonds. The first-order valence-corrected chi connectivity index (χ1v) is 8.62. The largest absolute Gasteiger partial charge is 0.462 e. The molecule has 0 saturated heterocycles. The van der Waals surface area contributed by atoms with Gasteiger partial charge in [0.2, 0.25) is 0 Å². The molecule has 0 bridgehead atoms. The van der Waals surface area contributed by atoms with E-state index in [-0.39, 0.29) is 16.3 Å². The van der Waals surface area contributed by atoms with E-state index in [4.69, 9.17) is 4.74 Å². The average molecular weight is 360 g/mol. The third kappa shape index (κ3) is 4.18. The summed E-state index contributed by atoms with van der Waals surface area (Å²) in [5.41, 5.74) is 0. The lowest BCUT2D eigenvalue weighted by Gasteiger charge is -2.13. The van der Waals surface area contributed by atoms with Crippen LogP contribution < -0.4 is 0 Å². The predicted octanol–water partition coefficient (Wildman–Crippen LogP) is 3.72. The van der Waals surface area contributed by atoms with Crippen LogP contribution >= 0.6 is 15.9 Å². The third-order valence-corrected chi connectivity index (χ3v) is 5.69. The molecule has 0 fully saturated rings. The molecular weight excluding hydrogens is 342 g/mol. The minimum absolute atomic E-state index is 0.156. The molecule has 4 nitrogen and oxygen atoms in total. The van der Waals surface area contributed by atoms with Gasteiger partial charge < -0.3 is 4.74 Å². The summed E-state index contributed by atoms with van der Waals surface area (Å²) < 4.78 is 22.1. The fourth-order valence-electron chi connectivity index (χ4n) is 1.45. The molecule has 1 unspecified atom stereocenters. The standard InChI is InChI=1S/C14H18BrNO3S/c1-4-19-14(17)13(15)10-16-20(18,11(2)3)12-8-6-5-7-9-12/h5-11H,4H2,1-3H3/b13-10-. The molecule has 0 aliphatic heterocycles. The van der Waals surface area contributed by atoms with Crippen LogP contribution in [0.1, 0.15) is 20.8 Å². The summed E-state index contributed by atoms with van der Waals surface area (Å²) in [6, 6.07) is 9.04. The van der Waals surface area contributed by atoms with Gasteiger partial charge in [0.05, 0.1) is 22.5 Å². The maximum atomic E-state index is 13.0. The highest BCUT2D eigenvalue weighted by atomic mass is 79.9. The Bertz CT molecular complexity index is 602. The molecule has 110 valence electrons. The van der Waals surface area contributed by atoms with Crippen molar-refractivity contribution in [3.8, 4) is 0 Å². The number of carbonyl (C=O) groups is 1. The number of benzene rings is 1. The van der Waals surface area contributed by atoms with Crippen molar-refractivity contribution in [3.05, 3.63) is 41.0 Å². The number of ether oxygens (including phenoxy) is 1. The van der Waals surface area contributed by atoms with E-state index in [1.807, 2.05) is 32.0 Å². The average Bonchev–Trinajstić information content (AvgIpc) is 2.45. The predicted molar refractivity (Wildman–Crippen MR) is 84.1 cm³/mol. The fraction of sp³-hybridized carbons (Fsp3) is 0.357. The summed E-state index contributed by atoms with van der Waals surface area (Å²) in [6.07, 6.45) is 1.27. The second-order valence-electron chi connectivity index (χ2n) is 4.23. The van der Waals surface area contributed by atoms with Gasteiger partial charge in [0.1, 0.15) is 4.48 Å². The Morgan fingerprint density at radius 3 is 2.50 bits per heavy atom. The monoisotopic (exact) mass is 359 g/mol. The van der Waals surface area contributed by atoms with E-state index in [9.17, 15) is 9.00 Å². The fourth-order valence-corrected chi connectivity index (χ4v) is 3.52. The van der Waals surface area contributed by atoms with E-state index in [1.165, 1.54) is 6.20 Å². The number of carbonyl (C=O) groups excluding carboxylic acids is 1. The molecule has 0 aliphatic rings. The van der Waals surface area contributed by atoms with Gasteiger partial charge in [0.25, 0.3) is 0 Å². The molecule has 0 spiro atoms. The number of hydrogen-bond acceptors (Lipinski definition) is 4. The van der Waals surface area contributed by atoms with Crippen molar-refractivity contribution < 1.29 is 13.7 Å². The van der Waals surface area contributed by atoms with Gasteiger partial charge in [-0.1, -0.05) is 18.2 Å². The third-order valence-electron chi connectivity index (χ3n) is 2.51. The lowest BCUT2D eigenvalue weighted by molar-refractivity contribution is -0.137. The number of nitrogens with zero attached hydrogens (tertiary/aromatic N) is 1. The van der Waals surface area contributed by atoms with Gasteiger partial charge in [-0.05, 0) is 48.8 Å². The molecule has 0 heterocycles. The first kappa shape index (κ1) is 16.9. The summed E-state index contributed by atoms with van der Waals surface area (Å²) in [5, 5.41) is -0.177. The summed E-state index contributed by atoms with van der Waals surface area (Å²) >= 11 is 3.09. The molecule has 0 N–H and O–H groups in total. The molecule has 6 heteroatoms. The van der Waals surface area contributed by atoms with Gasteiger partial charge in [0.15, 0.2) is 0 Å². The van der Waals surface area contributed by atoms with Crippen LogP contribution in [0.25, 0.3) is 0 Å². The zero-order valence-electron chi connectivity index (χ0n) is 11.7. The Labute approximate surface area is 128 Å². The second kappa shape index (κ2) is 7.59. The van der Waals surface area contributed by atoms with Crippen LogP contribution in [0.15, 0.2) is 50.3 Å². The van der Waals surface area contributed by atoms with Crippen molar-refractivity contribution >= 4 is 31.6 Å². The van der Waals surface area contributed by atoms with Crippen molar-refractivity contribution in [3.63, 3.8) is 0 Å². The number of hydrogen-bond donors (Lipinski definition) is 0. The lowest BCUT2D eigenvalue weighted by Crippen LogP contribution is -2.13. The van der Waals surface area contributed by atoms with Gasteiger partial charge in [-0.3, -0.25) is 0 Å². The van der Waals surface area contributed by atoms with Crippen LogP contribution in [0, 0.1) is 0 Å². The number of rotatable bonds is 5. The highest BCUT2D eigenvalue weighted by Crippen LogP contribution is 2.20. The molecule has 1 aromatic carbocycles. The van der Waals surface area contributed by atoms with E-state index in [0.717, 1.165) is 0 Å². The molecule has 0 aromatic heterocycles. The van der Waals surface area contributed by atoms with E-state index in [0.29, 0.717) is 4.90 Å². The van der Waals surface area contributed by atoms with Crippen LogP contribution in [-0.4, -0.2) is 22.0 Å². The highest BCUT2D eigenvalue weighted by Gasteiger charge is 2.17. The van der Waals surface area contributed by atoms with Crippen LogP contribution in [0.5, 0.6) is 0 Å². The van der Waals surface area contributed by atoms with Crippen LogP contribution in [-0.2, 0) is 19.3 Å². The van der Waals surface area contributed by atoms with Gasteiger partial charge in [-0.15, -0.1) is 0 Å². The normalized spacial score (nSPS) is 14.8. The van der Waals surface area contributed by atoms with Crippen LogP contribution in [0.2, 0.25) is 0 Å². The Kier molecular flexibility index (Phi) is 6.42. The maximum absolute atomic E-state index is 13.0. The SMILES string of the molecule is CCOC(=O)/C(Br)=C/N=S(=O)(c1ccccc1)C(C)C. The van der Waals surface area contributed by atoms with Gasteiger partial charge >= 0.3 is 5.97 Å². The van der Waals surface area contributed by atoms with Gasteiger partial charge in [-0.2, -0.15) is 0 Å². The molecule has 0 saturated carbocycles. The molecular formula is C14H18BrNO3S. The molecule has 0 aliphatic carbocycles. The Morgan fingerprint density at radius 2 is 2.00 bits per heavy atom. The summed E-state index contributed by atoms with van der Waals surface area (Å²) in [5.74, 6) is -0.519. The smallest absolute Gasteiger partial charge is 0.346 e. The molecule has 1 rings (SSSR count). The number of esters is 1. The van der Waals surface area contributed by atoms with Crippen molar-refractivity contribution in [2.75, 3.05) is 6.61 Å². The second-order valence-corrected chi connectivity index (χ2v) is 7.85. The van der Waals surface area contributed by atoms with Crippen molar-refractivity contribution in [1.82, 2.24) is 0 Å². The minimum atomic E-state index is -2.62. The zero-order chi connectivity index (χ0) is 15.2. The van der Waals surface area contributed by atoms with Crippen LogP contribution in [0.3, 0.4) is 0 Å². The lowest BCUT2D eigenvalue weighted by atomic mass is 10.4.